The maximum atomic E-state index is 12.9. The zero-order valence-corrected chi connectivity index (χ0v) is 19.1. The van der Waals surface area contributed by atoms with Crippen molar-refractivity contribution in [3.8, 4) is 0 Å². The van der Waals surface area contributed by atoms with Gasteiger partial charge in [-0.3, -0.25) is 23.2 Å². The zero-order valence-electron chi connectivity index (χ0n) is 18.2. The van der Waals surface area contributed by atoms with E-state index in [1.807, 2.05) is 60.7 Å². The molecule has 1 amide bonds. The average molecular weight is 464 g/mol. The van der Waals surface area contributed by atoms with E-state index in [2.05, 4.69) is 5.32 Å². The molecule has 1 N–H and O–H groups in total. The Balaban J connectivity index is 1.47. The molecule has 1 aliphatic heterocycles. The van der Waals surface area contributed by atoms with Crippen LogP contribution in [0, 0.1) is 5.41 Å². The lowest BCUT2D eigenvalue weighted by Crippen LogP contribution is -2.50. The summed E-state index contributed by atoms with van der Waals surface area (Å²) >= 11 is 0. The van der Waals surface area contributed by atoms with Crippen LogP contribution in [0.4, 0.5) is 0 Å². The third-order valence-corrected chi connectivity index (χ3v) is 6.24. The normalized spacial score (nSPS) is 22.1. The molecule has 2 aromatic carbocycles. The molecule has 9 heteroatoms. The first-order chi connectivity index (χ1) is 15.3. The number of ether oxygens (including phenoxy) is 1. The summed E-state index contributed by atoms with van der Waals surface area (Å²) < 4.78 is 34.4. The van der Waals surface area contributed by atoms with Crippen molar-refractivity contribution in [1.29, 1.82) is 0 Å². The average Bonchev–Trinajstić information content (AvgIpc) is 2.80. The van der Waals surface area contributed by atoms with Crippen molar-refractivity contribution in [3.63, 3.8) is 0 Å². The third kappa shape index (κ3) is 7.00. The Morgan fingerprint density at radius 1 is 1.03 bits per heavy atom. The summed E-state index contributed by atoms with van der Waals surface area (Å²) in [6.07, 6.45) is -1.05. The van der Waals surface area contributed by atoms with E-state index in [9.17, 15) is 14.2 Å². The number of rotatable bonds is 9. The number of amides is 1. The molecule has 32 heavy (non-hydrogen) atoms. The second-order valence-electron chi connectivity index (χ2n) is 8.14. The van der Waals surface area contributed by atoms with Crippen LogP contribution in [0.5, 0.6) is 0 Å². The number of esters is 1. The van der Waals surface area contributed by atoms with Gasteiger partial charge in [-0.25, -0.2) is 4.57 Å². The molecular formula is C23H28NO7P. The Bertz CT molecular complexity index is 949. The van der Waals surface area contributed by atoms with Crippen molar-refractivity contribution in [3.05, 3.63) is 71.8 Å². The highest BCUT2D eigenvalue weighted by molar-refractivity contribution is 7.48. The molecule has 1 unspecified atom stereocenters. The standard InChI is InChI=1S/C23H28NO7P/c1-23(2)17-30-32(27,29-16-19-11-7-4-8-12-19)31-21(23)22(26)24-14-13-20(25)28-15-18-9-5-3-6-10-18/h3-12,21H,13-17H2,1-2H3,(H,24,26)/t21-,32?/m0/s1/i13+1,20+1,24+1. The van der Waals surface area contributed by atoms with E-state index in [0.29, 0.717) is 0 Å². The lowest BCUT2D eigenvalue weighted by Gasteiger charge is -2.39. The molecule has 0 bridgehead atoms. The minimum absolute atomic E-state index is 0.00436. The number of phosphoric ester groups is 1. The topological polar surface area (TPSA) is 100 Å². The van der Waals surface area contributed by atoms with Crippen molar-refractivity contribution in [2.45, 2.75) is 39.6 Å². The number of carbonyl (C=O) groups excluding carboxylic acids is 2. The lowest BCUT2D eigenvalue weighted by atomic mass is 9.87. The first-order valence-electron chi connectivity index (χ1n) is 10.4. The van der Waals surface area contributed by atoms with Crippen LogP contribution in [-0.4, -0.2) is 31.1 Å². The van der Waals surface area contributed by atoms with E-state index in [1.54, 1.807) is 13.8 Å². The van der Waals surface area contributed by atoms with Gasteiger partial charge in [0.15, 0.2) is 6.10 Å². The summed E-state index contributed by atoms with van der Waals surface area (Å²) in [6.45, 7) is 3.83. The number of nitrogens with one attached hydrogen (secondary N) is 1. The Morgan fingerprint density at radius 3 is 2.25 bits per heavy atom. The fourth-order valence-corrected chi connectivity index (χ4v) is 4.65. The van der Waals surface area contributed by atoms with Gasteiger partial charge in [-0.1, -0.05) is 74.5 Å². The smallest absolute Gasteiger partial charge is 0.461 e. The van der Waals surface area contributed by atoms with Gasteiger partial charge in [0.25, 0.3) is 0 Å². The third-order valence-electron chi connectivity index (χ3n) is 4.88. The minimum atomic E-state index is -3.92. The highest BCUT2D eigenvalue weighted by atomic mass is 31.2. The van der Waals surface area contributed by atoms with E-state index >= 15 is 0 Å². The molecule has 1 saturated heterocycles. The Hall–Kier alpha value is -2.51. The van der Waals surface area contributed by atoms with Crippen LogP contribution >= 0.6 is 7.82 Å². The first-order valence-corrected chi connectivity index (χ1v) is 11.8. The molecule has 2 atom stereocenters. The molecule has 1 fully saturated rings. The molecule has 0 saturated carbocycles. The number of hydrogen-bond acceptors (Lipinski definition) is 7. The van der Waals surface area contributed by atoms with Crippen molar-refractivity contribution in [2.24, 2.45) is 5.41 Å². The summed E-state index contributed by atoms with van der Waals surface area (Å²) in [6, 6.07) is 18.5. The summed E-state index contributed by atoms with van der Waals surface area (Å²) in [5.41, 5.74) is 0.949. The molecule has 0 radical (unpaired) electrons. The van der Waals surface area contributed by atoms with E-state index in [0.717, 1.165) is 11.1 Å². The molecule has 0 aliphatic carbocycles. The molecule has 3 rings (SSSR count). The SMILES string of the molecule is CC1(C)COP(=O)(OCc2ccccc2)O[C@H]1C(=O)[15NH]C[13CH2][13C](=O)OCc1ccccc1. The predicted molar refractivity (Wildman–Crippen MR) is 117 cm³/mol. The van der Waals surface area contributed by atoms with Gasteiger partial charge < -0.3 is 10.1 Å². The van der Waals surface area contributed by atoms with Gasteiger partial charge in [-0.2, -0.15) is 0 Å². The molecule has 0 aromatic heterocycles. The summed E-state index contributed by atoms with van der Waals surface area (Å²) in [4.78, 5) is 24.7. The predicted octanol–water partition coefficient (Wildman–Crippen LogP) is 4.00. The lowest BCUT2D eigenvalue weighted by molar-refractivity contribution is -0.145. The van der Waals surface area contributed by atoms with E-state index in [4.69, 9.17) is 18.3 Å². The molecule has 1 heterocycles. The van der Waals surface area contributed by atoms with Gasteiger partial charge in [0.2, 0.25) is 5.91 Å². The first kappa shape index (κ1) is 24.1. The van der Waals surface area contributed by atoms with Crippen molar-refractivity contribution in [1.82, 2.24) is 5.32 Å². The van der Waals surface area contributed by atoms with Crippen LogP contribution in [0.1, 0.15) is 31.4 Å². The Labute approximate surface area is 187 Å². The molecule has 2 aromatic rings. The second-order valence-corrected chi connectivity index (χ2v) is 9.76. The van der Waals surface area contributed by atoms with Gasteiger partial charge in [0.05, 0.1) is 19.6 Å². The number of benzene rings is 2. The van der Waals surface area contributed by atoms with E-state index < -0.39 is 31.2 Å². The maximum Gasteiger partial charge on any atom is 0.475 e. The van der Waals surface area contributed by atoms with Crippen LogP contribution in [0.2, 0.25) is 0 Å². The summed E-state index contributed by atoms with van der Waals surface area (Å²) in [5.74, 6) is -0.920. The summed E-state index contributed by atoms with van der Waals surface area (Å²) in [7, 11) is -3.92. The molecule has 172 valence electrons. The van der Waals surface area contributed by atoms with Gasteiger partial charge in [0.1, 0.15) is 6.61 Å². The zero-order chi connectivity index (χ0) is 23.0. The van der Waals surface area contributed by atoms with Crippen molar-refractivity contribution in [2.75, 3.05) is 13.2 Å². The minimum Gasteiger partial charge on any atom is -0.461 e. The van der Waals surface area contributed by atoms with Gasteiger partial charge in [-0.15, -0.1) is 0 Å². The highest BCUT2D eigenvalue weighted by Gasteiger charge is 2.49. The van der Waals surface area contributed by atoms with Crippen LogP contribution in [-0.2, 0) is 45.7 Å². The van der Waals surface area contributed by atoms with Crippen LogP contribution < -0.4 is 5.32 Å². The monoisotopic (exact) mass is 464 g/mol. The van der Waals surface area contributed by atoms with Gasteiger partial charge in [0, 0.05) is 12.0 Å². The maximum absolute atomic E-state index is 12.9. The molecular weight excluding hydrogens is 436 g/mol. The fraction of sp³-hybridized carbons (Fsp3) is 0.391. The number of phosphoric acid groups is 1. The number of hydrogen-bond donors (Lipinski definition) is 1. The summed E-state index contributed by atoms with van der Waals surface area (Å²) in [5, 5.41) is 2.65. The largest absolute Gasteiger partial charge is 0.475 e. The van der Waals surface area contributed by atoms with Crippen molar-refractivity contribution >= 4 is 19.7 Å². The van der Waals surface area contributed by atoms with E-state index in [-0.39, 0.29) is 32.8 Å². The molecule has 0 spiro atoms. The van der Waals surface area contributed by atoms with Crippen LogP contribution in [0.3, 0.4) is 0 Å². The van der Waals surface area contributed by atoms with Crippen molar-refractivity contribution < 1.29 is 32.5 Å². The van der Waals surface area contributed by atoms with Gasteiger partial charge >= 0.3 is 13.8 Å². The quantitative estimate of drug-likeness (QED) is 0.259. The second kappa shape index (κ2) is 10.9. The Kier molecular flexibility index (Phi) is 8.21. The van der Waals surface area contributed by atoms with E-state index in [1.165, 1.54) is 0 Å². The van der Waals surface area contributed by atoms with Crippen LogP contribution in [0.25, 0.3) is 0 Å². The van der Waals surface area contributed by atoms with Crippen LogP contribution in [0.15, 0.2) is 60.7 Å². The molecule has 8 nitrogen and oxygen atoms in total. The Morgan fingerprint density at radius 2 is 1.62 bits per heavy atom. The highest BCUT2D eigenvalue weighted by Crippen LogP contribution is 2.57. The number of carbonyl (C=O) groups is 2. The fourth-order valence-electron chi connectivity index (χ4n) is 3.01. The van der Waals surface area contributed by atoms with Gasteiger partial charge in [-0.05, 0) is 11.1 Å². The molecule has 1 aliphatic rings.